The van der Waals surface area contributed by atoms with Crippen molar-refractivity contribution < 1.29 is 13.9 Å². The molecular weight excluding hydrogens is 290 g/mol. The highest BCUT2D eigenvalue weighted by molar-refractivity contribution is 6.31. The number of morpholine rings is 1. The second kappa shape index (κ2) is 5.04. The lowest BCUT2D eigenvalue weighted by Crippen LogP contribution is -2.51. The van der Waals surface area contributed by atoms with Gasteiger partial charge in [0.05, 0.1) is 18.8 Å². The van der Waals surface area contributed by atoms with E-state index in [9.17, 15) is 4.79 Å². The average Bonchev–Trinajstić information content (AvgIpc) is 3.11. The fourth-order valence-electron chi connectivity index (χ4n) is 3.44. The number of benzene rings is 1. The van der Waals surface area contributed by atoms with Crippen molar-refractivity contribution in [2.24, 2.45) is 0 Å². The Balaban J connectivity index is 1.66. The Morgan fingerprint density at radius 2 is 2.19 bits per heavy atom. The molecule has 2 aromatic rings. The van der Waals surface area contributed by atoms with Crippen LogP contribution in [0.15, 0.2) is 28.7 Å². The molecule has 2 heterocycles. The summed E-state index contributed by atoms with van der Waals surface area (Å²) in [5, 5.41) is 1.51. The van der Waals surface area contributed by atoms with E-state index in [-0.39, 0.29) is 18.1 Å². The van der Waals surface area contributed by atoms with E-state index in [1.165, 1.54) is 0 Å². The Bertz CT molecular complexity index is 696. The van der Waals surface area contributed by atoms with Gasteiger partial charge in [-0.2, -0.15) is 0 Å². The van der Waals surface area contributed by atoms with Crippen molar-refractivity contribution in [3.63, 3.8) is 0 Å². The number of nitrogens with zero attached hydrogens (tertiary/aromatic N) is 1. The molecule has 1 saturated heterocycles. The van der Waals surface area contributed by atoms with E-state index in [4.69, 9.17) is 20.8 Å². The van der Waals surface area contributed by atoms with Gasteiger partial charge < -0.3 is 14.1 Å². The normalized spacial score (nSPS) is 25.3. The Labute approximate surface area is 127 Å². The smallest absolute Gasteiger partial charge is 0.290 e. The van der Waals surface area contributed by atoms with Crippen LogP contribution in [0.3, 0.4) is 0 Å². The molecule has 1 aromatic carbocycles. The molecule has 1 aromatic heterocycles. The summed E-state index contributed by atoms with van der Waals surface area (Å²) in [5.74, 6) is 0.349. The van der Waals surface area contributed by atoms with Gasteiger partial charge in [-0.3, -0.25) is 4.79 Å². The van der Waals surface area contributed by atoms with Crippen LogP contribution in [-0.2, 0) is 4.74 Å². The van der Waals surface area contributed by atoms with Gasteiger partial charge in [-0.05, 0) is 43.5 Å². The largest absolute Gasteiger partial charge is 0.451 e. The number of amides is 1. The van der Waals surface area contributed by atoms with Crippen molar-refractivity contribution in [2.75, 3.05) is 13.2 Å². The Morgan fingerprint density at radius 1 is 1.29 bits per heavy atom. The summed E-state index contributed by atoms with van der Waals surface area (Å²) in [6.07, 6.45) is 3.38. The molecule has 5 heteroatoms. The zero-order valence-corrected chi connectivity index (χ0v) is 12.3. The first-order chi connectivity index (χ1) is 10.2. The third-order valence-corrected chi connectivity index (χ3v) is 4.67. The van der Waals surface area contributed by atoms with Crippen LogP contribution >= 0.6 is 11.6 Å². The van der Waals surface area contributed by atoms with Crippen molar-refractivity contribution in [3.8, 4) is 0 Å². The molecule has 0 bridgehead atoms. The van der Waals surface area contributed by atoms with Gasteiger partial charge in [0.1, 0.15) is 5.58 Å². The molecule has 2 unspecified atom stereocenters. The predicted octanol–water partition coefficient (Wildman–Crippen LogP) is 3.48. The van der Waals surface area contributed by atoms with Gasteiger partial charge in [0.25, 0.3) is 5.91 Å². The van der Waals surface area contributed by atoms with Crippen LogP contribution in [0.2, 0.25) is 5.02 Å². The summed E-state index contributed by atoms with van der Waals surface area (Å²) in [5.41, 5.74) is 0.694. The van der Waals surface area contributed by atoms with Gasteiger partial charge in [-0.1, -0.05) is 11.6 Å². The number of hydrogen-bond acceptors (Lipinski definition) is 3. The van der Waals surface area contributed by atoms with Crippen LogP contribution < -0.4 is 0 Å². The molecule has 1 saturated carbocycles. The number of hydrogen-bond donors (Lipinski definition) is 0. The van der Waals surface area contributed by atoms with Crippen LogP contribution in [0, 0.1) is 0 Å². The molecule has 110 valence electrons. The molecule has 2 fully saturated rings. The third-order valence-electron chi connectivity index (χ3n) is 4.43. The molecule has 0 spiro atoms. The quantitative estimate of drug-likeness (QED) is 0.810. The summed E-state index contributed by atoms with van der Waals surface area (Å²) >= 11 is 5.98. The van der Waals surface area contributed by atoms with E-state index >= 15 is 0 Å². The number of fused-ring (bicyclic) bond motifs is 2. The lowest BCUT2D eigenvalue weighted by Gasteiger charge is -2.37. The second-order valence-electron chi connectivity index (χ2n) is 5.70. The van der Waals surface area contributed by atoms with E-state index in [2.05, 4.69) is 0 Å². The van der Waals surface area contributed by atoms with Crippen LogP contribution in [0.1, 0.15) is 29.8 Å². The van der Waals surface area contributed by atoms with Gasteiger partial charge in [-0.25, -0.2) is 0 Å². The molecule has 0 N–H and O–H groups in total. The van der Waals surface area contributed by atoms with E-state index in [1.807, 2.05) is 11.0 Å². The van der Waals surface area contributed by atoms with Crippen molar-refractivity contribution in [3.05, 3.63) is 35.0 Å². The van der Waals surface area contributed by atoms with Gasteiger partial charge >= 0.3 is 0 Å². The maximum absolute atomic E-state index is 12.7. The minimum atomic E-state index is -0.0393. The summed E-state index contributed by atoms with van der Waals surface area (Å²) < 4.78 is 11.4. The summed E-state index contributed by atoms with van der Waals surface area (Å²) in [6, 6.07) is 7.36. The first-order valence-corrected chi connectivity index (χ1v) is 7.72. The number of ether oxygens (including phenoxy) is 1. The number of carbonyl (C=O) groups is 1. The van der Waals surface area contributed by atoms with Gasteiger partial charge in [0, 0.05) is 17.0 Å². The number of carbonyl (C=O) groups excluding carboxylic acids is 1. The summed E-state index contributed by atoms with van der Waals surface area (Å²) in [4.78, 5) is 14.7. The molecule has 2 atom stereocenters. The topological polar surface area (TPSA) is 42.7 Å². The standard InChI is InChI=1S/C16H16ClNO3/c17-11-4-5-13-10(8-11)9-15(21-13)16(19)18-6-7-20-14-3-1-2-12(14)18/h4-5,8-9,12,14H,1-3,6-7H2. The molecule has 1 amide bonds. The van der Waals surface area contributed by atoms with Crippen LogP contribution in [0.5, 0.6) is 0 Å². The van der Waals surface area contributed by atoms with Crippen molar-refractivity contribution in [2.45, 2.75) is 31.4 Å². The SMILES string of the molecule is O=C(c1cc2cc(Cl)ccc2o1)N1CCOC2CCCC21. The highest BCUT2D eigenvalue weighted by Crippen LogP contribution is 2.31. The highest BCUT2D eigenvalue weighted by Gasteiger charge is 2.39. The average molecular weight is 306 g/mol. The third kappa shape index (κ3) is 2.23. The molecular formula is C16H16ClNO3. The predicted molar refractivity (Wildman–Crippen MR) is 79.6 cm³/mol. The van der Waals surface area contributed by atoms with Crippen LogP contribution in [0.4, 0.5) is 0 Å². The van der Waals surface area contributed by atoms with E-state index < -0.39 is 0 Å². The maximum atomic E-state index is 12.7. The first kappa shape index (κ1) is 13.2. The number of furan rings is 1. The van der Waals surface area contributed by atoms with E-state index in [0.29, 0.717) is 29.5 Å². The minimum absolute atomic E-state index is 0.0393. The second-order valence-corrected chi connectivity index (χ2v) is 6.14. The Kier molecular flexibility index (Phi) is 3.16. The highest BCUT2D eigenvalue weighted by atomic mass is 35.5. The molecule has 21 heavy (non-hydrogen) atoms. The molecule has 0 radical (unpaired) electrons. The summed E-state index contributed by atoms with van der Waals surface area (Å²) in [7, 11) is 0. The van der Waals surface area contributed by atoms with E-state index in [1.54, 1.807) is 18.2 Å². The van der Waals surface area contributed by atoms with Crippen LogP contribution in [-0.4, -0.2) is 36.1 Å². The fourth-order valence-corrected chi connectivity index (χ4v) is 3.62. The Morgan fingerprint density at radius 3 is 3.10 bits per heavy atom. The van der Waals surface area contributed by atoms with Crippen molar-refractivity contribution in [1.82, 2.24) is 4.90 Å². The minimum Gasteiger partial charge on any atom is -0.451 e. The maximum Gasteiger partial charge on any atom is 0.290 e. The lowest BCUT2D eigenvalue weighted by atomic mass is 10.1. The van der Waals surface area contributed by atoms with Crippen molar-refractivity contribution in [1.29, 1.82) is 0 Å². The zero-order valence-electron chi connectivity index (χ0n) is 11.5. The number of halogens is 1. The number of rotatable bonds is 1. The summed E-state index contributed by atoms with van der Waals surface area (Å²) in [6.45, 7) is 1.25. The van der Waals surface area contributed by atoms with Crippen LogP contribution in [0.25, 0.3) is 11.0 Å². The molecule has 2 aliphatic rings. The van der Waals surface area contributed by atoms with Gasteiger partial charge in [0.2, 0.25) is 0 Å². The van der Waals surface area contributed by atoms with E-state index in [0.717, 1.165) is 24.6 Å². The molecule has 4 rings (SSSR count). The fraction of sp³-hybridized carbons (Fsp3) is 0.438. The molecule has 1 aliphatic carbocycles. The monoisotopic (exact) mass is 305 g/mol. The molecule has 1 aliphatic heterocycles. The zero-order chi connectivity index (χ0) is 14.4. The van der Waals surface area contributed by atoms with Gasteiger partial charge in [0.15, 0.2) is 5.76 Å². The first-order valence-electron chi connectivity index (χ1n) is 7.34. The lowest BCUT2D eigenvalue weighted by molar-refractivity contribution is -0.0453. The van der Waals surface area contributed by atoms with Gasteiger partial charge in [-0.15, -0.1) is 0 Å². The molecule has 4 nitrogen and oxygen atoms in total. The van der Waals surface area contributed by atoms with Crippen molar-refractivity contribution >= 4 is 28.5 Å². The Hall–Kier alpha value is -1.52.